The molecule has 3 aromatic rings. The quantitative estimate of drug-likeness (QED) is 0.500. The van der Waals surface area contributed by atoms with Crippen LogP contribution in [0.15, 0.2) is 57.2 Å². The Bertz CT molecular complexity index is 994. The van der Waals surface area contributed by atoms with Crippen LogP contribution in [0.5, 0.6) is 5.88 Å². The fourth-order valence-electron chi connectivity index (χ4n) is 3.29. The average Bonchev–Trinajstić information content (AvgIpc) is 3.12. The smallest absolute Gasteiger partial charge is 0.238 e. The summed E-state index contributed by atoms with van der Waals surface area (Å²) in [6, 6.07) is 11.8. The molecule has 0 aliphatic carbocycles. The third kappa shape index (κ3) is 5.88. The highest BCUT2D eigenvalue weighted by Crippen LogP contribution is 2.24. The van der Waals surface area contributed by atoms with E-state index in [0.29, 0.717) is 38.1 Å². The van der Waals surface area contributed by atoms with Crippen LogP contribution in [-0.2, 0) is 17.7 Å². The Balaban J connectivity index is 1.46. The summed E-state index contributed by atoms with van der Waals surface area (Å²) in [5, 5.41) is 8.47. The number of hydrogen-bond acceptors (Lipinski definition) is 8. The van der Waals surface area contributed by atoms with Gasteiger partial charge in [0, 0.05) is 49.2 Å². The molecule has 8 heteroatoms. The Hall–Kier alpha value is -3.26. The van der Waals surface area contributed by atoms with Crippen molar-refractivity contribution in [1.29, 1.82) is 0 Å². The van der Waals surface area contributed by atoms with Crippen molar-refractivity contribution < 1.29 is 13.9 Å². The van der Waals surface area contributed by atoms with Gasteiger partial charge < -0.3 is 18.8 Å². The predicted molar refractivity (Wildman–Crippen MR) is 117 cm³/mol. The molecule has 1 aliphatic heterocycles. The SMILES string of the molecule is Cc1cc(N=NCc2cc(N3CCOCC3)cc(OCCc3ccccn3)n2)oc1C. The van der Waals surface area contributed by atoms with Crippen LogP contribution in [0.2, 0.25) is 0 Å². The van der Waals surface area contributed by atoms with E-state index in [4.69, 9.17) is 13.9 Å². The van der Waals surface area contributed by atoms with Crippen LogP contribution < -0.4 is 9.64 Å². The molecular weight excluding hydrogens is 394 g/mol. The molecule has 0 spiro atoms. The van der Waals surface area contributed by atoms with Gasteiger partial charge in [-0.05, 0) is 37.6 Å². The lowest BCUT2D eigenvalue weighted by Gasteiger charge is -2.29. The van der Waals surface area contributed by atoms with E-state index in [1.807, 2.05) is 50.2 Å². The molecule has 0 radical (unpaired) electrons. The van der Waals surface area contributed by atoms with Crippen LogP contribution in [0, 0.1) is 13.8 Å². The van der Waals surface area contributed by atoms with E-state index in [-0.39, 0.29) is 0 Å². The predicted octanol–water partition coefficient (Wildman–Crippen LogP) is 4.43. The fraction of sp³-hybridized carbons (Fsp3) is 0.391. The van der Waals surface area contributed by atoms with E-state index in [2.05, 4.69) is 25.1 Å². The fourth-order valence-corrected chi connectivity index (χ4v) is 3.29. The van der Waals surface area contributed by atoms with Gasteiger partial charge in [0.15, 0.2) is 0 Å². The molecule has 8 nitrogen and oxygen atoms in total. The van der Waals surface area contributed by atoms with E-state index in [9.17, 15) is 0 Å². The van der Waals surface area contributed by atoms with Crippen LogP contribution in [0.3, 0.4) is 0 Å². The standard InChI is InChI=1S/C23H27N5O3/c1-17-13-23(31-18(17)2)27-25-16-20-14-21(28-8-11-29-12-9-28)15-22(26-20)30-10-6-19-5-3-4-7-24-19/h3-5,7,13-15H,6,8-12,16H2,1-2H3. The molecule has 1 fully saturated rings. The van der Waals surface area contributed by atoms with Crippen molar-refractivity contribution in [3.05, 3.63) is 65.3 Å². The van der Waals surface area contributed by atoms with Crippen LogP contribution in [0.1, 0.15) is 22.7 Å². The number of rotatable bonds is 8. The average molecular weight is 422 g/mol. The van der Waals surface area contributed by atoms with Crippen molar-refractivity contribution in [1.82, 2.24) is 9.97 Å². The molecule has 0 atom stereocenters. The molecule has 0 N–H and O–H groups in total. The number of furan rings is 1. The minimum Gasteiger partial charge on any atom is -0.477 e. The normalized spacial score (nSPS) is 14.3. The minimum absolute atomic E-state index is 0.341. The number of nitrogens with zero attached hydrogens (tertiary/aromatic N) is 5. The van der Waals surface area contributed by atoms with Gasteiger partial charge in [0.1, 0.15) is 12.3 Å². The van der Waals surface area contributed by atoms with Gasteiger partial charge in [-0.3, -0.25) is 4.98 Å². The maximum Gasteiger partial charge on any atom is 0.238 e. The summed E-state index contributed by atoms with van der Waals surface area (Å²) in [5.41, 5.74) is 3.90. The maximum atomic E-state index is 5.97. The molecule has 0 bridgehead atoms. The molecule has 3 aromatic heterocycles. The molecule has 1 aliphatic rings. The topological polar surface area (TPSA) is 85.3 Å². The van der Waals surface area contributed by atoms with Gasteiger partial charge >= 0.3 is 0 Å². The number of pyridine rings is 2. The summed E-state index contributed by atoms with van der Waals surface area (Å²) in [4.78, 5) is 11.2. The Morgan fingerprint density at radius 2 is 1.97 bits per heavy atom. The van der Waals surface area contributed by atoms with Gasteiger partial charge in [-0.1, -0.05) is 6.07 Å². The van der Waals surface area contributed by atoms with Gasteiger partial charge in [-0.2, -0.15) is 5.11 Å². The third-order valence-corrected chi connectivity index (χ3v) is 5.11. The van der Waals surface area contributed by atoms with Gasteiger partial charge in [0.05, 0.1) is 25.5 Å². The zero-order valence-electron chi connectivity index (χ0n) is 18.0. The monoisotopic (exact) mass is 421 g/mol. The number of aromatic nitrogens is 2. The zero-order valence-corrected chi connectivity index (χ0v) is 18.0. The minimum atomic E-state index is 0.341. The Morgan fingerprint density at radius 3 is 2.71 bits per heavy atom. The van der Waals surface area contributed by atoms with Crippen LogP contribution in [-0.4, -0.2) is 42.9 Å². The lowest BCUT2D eigenvalue weighted by atomic mass is 10.2. The van der Waals surface area contributed by atoms with Crippen molar-refractivity contribution in [2.24, 2.45) is 10.2 Å². The summed E-state index contributed by atoms with van der Waals surface area (Å²) < 4.78 is 17.0. The van der Waals surface area contributed by atoms with Crippen LogP contribution in [0.25, 0.3) is 0 Å². The summed E-state index contributed by atoms with van der Waals surface area (Å²) in [6.45, 7) is 7.84. The lowest BCUT2D eigenvalue weighted by Crippen LogP contribution is -2.36. The molecule has 0 amide bonds. The van der Waals surface area contributed by atoms with E-state index in [1.54, 1.807) is 6.20 Å². The van der Waals surface area contributed by atoms with Crippen molar-refractivity contribution in [3.63, 3.8) is 0 Å². The van der Waals surface area contributed by atoms with Gasteiger partial charge in [-0.15, -0.1) is 5.11 Å². The van der Waals surface area contributed by atoms with Gasteiger partial charge in [-0.25, -0.2) is 4.98 Å². The van der Waals surface area contributed by atoms with Crippen molar-refractivity contribution in [3.8, 4) is 5.88 Å². The highest BCUT2D eigenvalue weighted by molar-refractivity contribution is 5.50. The molecule has 0 aromatic carbocycles. The summed E-state index contributed by atoms with van der Waals surface area (Å²) >= 11 is 0. The Kier molecular flexibility index (Phi) is 6.89. The van der Waals surface area contributed by atoms with Crippen molar-refractivity contribution in [2.45, 2.75) is 26.8 Å². The molecule has 31 heavy (non-hydrogen) atoms. The second kappa shape index (κ2) is 10.2. The Labute approximate surface area is 181 Å². The molecule has 1 saturated heterocycles. The largest absolute Gasteiger partial charge is 0.477 e. The van der Waals surface area contributed by atoms with E-state index in [1.165, 1.54) is 0 Å². The molecule has 4 heterocycles. The van der Waals surface area contributed by atoms with E-state index in [0.717, 1.165) is 47.9 Å². The molecular formula is C23H27N5O3. The second-order valence-electron chi connectivity index (χ2n) is 7.40. The first kappa shape index (κ1) is 21.0. The molecule has 162 valence electrons. The van der Waals surface area contributed by atoms with Crippen molar-refractivity contribution >= 4 is 11.6 Å². The third-order valence-electron chi connectivity index (χ3n) is 5.11. The number of ether oxygens (including phenoxy) is 2. The van der Waals surface area contributed by atoms with Crippen molar-refractivity contribution in [2.75, 3.05) is 37.8 Å². The summed E-state index contributed by atoms with van der Waals surface area (Å²) in [5.74, 6) is 1.94. The number of anilines is 1. The lowest BCUT2D eigenvalue weighted by molar-refractivity contribution is 0.122. The van der Waals surface area contributed by atoms with Crippen LogP contribution >= 0.6 is 0 Å². The molecule has 0 unspecified atom stereocenters. The molecule has 0 saturated carbocycles. The van der Waals surface area contributed by atoms with Gasteiger partial charge in [0.25, 0.3) is 0 Å². The molecule has 4 rings (SSSR count). The van der Waals surface area contributed by atoms with Gasteiger partial charge in [0.2, 0.25) is 11.8 Å². The highest BCUT2D eigenvalue weighted by Gasteiger charge is 2.14. The number of hydrogen-bond donors (Lipinski definition) is 0. The summed E-state index contributed by atoms with van der Waals surface area (Å²) in [6.07, 6.45) is 2.51. The first-order chi connectivity index (χ1) is 15.2. The first-order valence-electron chi connectivity index (χ1n) is 10.5. The number of aryl methyl sites for hydroxylation is 2. The zero-order chi connectivity index (χ0) is 21.5. The first-order valence-corrected chi connectivity index (χ1v) is 10.5. The highest BCUT2D eigenvalue weighted by atomic mass is 16.5. The number of morpholine rings is 1. The number of azo groups is 1. The second-order valence-corrected chi connectivity index (χ2v) is 7.40. The summed E-state index contributed by atoms with van der Waals surface area (Å²) in [7, 11) is 0. The van der Waals surface area contributed by atoms with E-state index < -0.39 is 0 Å². The maximum absolute atomic E-state index is 5.97. The van der Waals surface area contributed by atoms with Crippen LogP contribution in [0.4, 0.5) is 11.6 Å². The Morgan fingerprint density at radius 1 is 1.10 bits per heavy atom. The van der Waals surface area contributed by atoms with E-state index >= 15 is 0 Å².